The SMILES string of the molecule is COCCN1Cc2cc([N+](=O)[O-])ccc2OC(C)C1=O. The first-order valence-corrected chi connectivity index (χ1v) is 6.24. The first kappa shape index (κ1) is 14.3. The maximum absolute atomic E-state index is 12.1. The number of non-ortho nitro benzene ring substituents is 1. The van der Waals surface area contributed by atoms with Crippen LogP contribution in [0.3, 0.4) is 0 Å². The standard InChI is InChI=1S/C13H16N2O5/c1-9-13(16)14(5-6-19-2)8-10-7-11(15(17)18)3-4-12(10)20-9/h3-4,7,9H,5-6,8H2,1-2H3. The Kier molecular flexibility index (Phi) is 4.19. The van der Waals surface area contributed by atoms with E-state index in [4.69, 9.17) is 9.47 Å². The summed E-state index contributed by atoms with van der Waals surface area (Å²) in [6.45, 7) is 2.77. The van der Waals surface area contributed by atoms with E-state index < -0.39 is 11.0 Å². The van der Waals surface area contributed by atoms with Crippen molar-refractivity contribution in [1.82, 2.24) is 4.90 Å². The van der Waals surface area contributed by atoms with E-state index in [0.29, 0.717) is 24.5 Å². The van der Waals surface area contributed by atoms with Crippen LogP contribution in [0, 0.1) is 10.1 Å². The van der Waals surface area contributed by atoms with Crippen LogP contribution in [0.2, 0.25) is 0 Å². The molecule has 0 radical (unpaired) electrons. The summed E-state index contributed by atoms with van der Waals surface area (Å²) in [7, 11) is 1.56. The lowest BCUT2D eigenvalue weighted by Gasteiger charge is -2.21. The number of ether oxygens (including phenoxy) is 2. The van der Waals surface area contributed by atoms with Gasteiger partial charge in [0.1, 0.15) is 5.75 Å². The van der Waals surface area contributed by atoms with Crippen molar-refractivity contribution in [2.75, 3.05) is 20.3 Å². The molecule has 1 aliphatic rings. The van der Waals surface area contributed by atoms with Crippen molar-refractivity contribution >= 4 is 11.6 Å². The molecule has 108 valence electrons. The smallest absolute Gasteiger partial charge is 0.270 e. The number of fused-ring (bicyclic) bond motifs is 1. The second-order valence-corrected chi connectivity index (χ2v) is 4.56. The number of benzene rings is 1. The molecule has 0 spiro atoms. The Bertz CT molecular complexity index is 531. The number of hydrogen-bond acceptors (Lipinski definition) is 5. The Hall–Kier alpha value is -2.15. The number of amides is 1. The number of methoxy groups -OCH3 is 1. The molecule has 1 heterocycles. The summed E-state index contributed by atoms with van der Waals surface area (Å²) in [6, 6.07) is 4.36. The van der Waals surface area contributed by atoms with Gasteiger partial charge in [0.25, 0.3) is 11.6 Å². The Balaban J connectivity index is 2.32. The van der Waals surface area contributed by atoms with Crippen LogP contribution in [-0.2, 0) is 16.1 Å². The molecule has 0 fully saturated rings. The van der Waals surface area contributed by atoms with Crippen LogP contribution in [-0.4, -0.2) is 42.1 Å². The van der Waals surface area contributed by atoms with E-state index in [-0.39, 0.29) is 18.1 Å². The lowest BCUT2D eigenvalue weighted by atomic mass is 10.1. The van der Waals surface area contributed by atoms with Gasteiger partial charge in [-0.25, -0.2) is 0 Å². The Morgan fingerprint density at radius 2 is 2.30 bits per heavy atom. The summed E-state index contributed by atoms with van der Waals surface area (Å²) in [4.78, 5) is 24.1. The molecule has 2 rings (SSSR count). The van der Waals surface area contributed by atoms with Gasteiger partial charge in [0, 0.05) is 37.9 Å². The van der Waals surface area contributed by atoms with Gasteiger partial charge in [-0.15, -0.1) is 0 Å². The third-order valence-electron chi connectivity index (χ3n) is 3.14. The zero-order chi connectivity index (χ0) is 14.7. The third kappa shape index (κ3) is 2.88. The van der Waals surface area contributed by atoms with Gasteiger partial charge in [-0.2, -0.15) is 0 Å². The molecule has 0 saturated heterocycles. The minimum atomic E-state index is -0.616. The fraction of sp³-hybridized carbons (Fsp3) is 0.462. The minimum Gasteiger partial charge on any atom is -0.481 e. The molecule has 1 unspecified atom stereocenters. The van der Waals surface area contributed by atoms with Crippen LogP contribution < -0.4 is 4.74 Å². The fourth-order valence-electron chi connectivity index (χ4n) is 2.09. The molecular weight excluding hydrogens is 264 g/mol. The molecule has 1 aromatic carbocycles. The van der Waals surface area contributed by atoms with E-state index in [2.05, 4.69) is 0 Å². The predicted octanol–water partition coefficient (Wildman–Crippen LogP) is 1.35. The van der Waals surface area contributed by atoms with Gasteiger partial charge < -0.3 is 14.4 Å². The van der Waals surface area contributed by atoms with E-state index in [1.165, 1.54) is 18.2 Å². The number of nitro benzene ring substituents is 1. The van der Waals surface area contributed by atoms with E-state index in [9.17, 15) is 14.9 Å². The molecule has 20 heavy (non-hydrogen) atoms. The summed E-state index contributed by atoms with van der Waals surface area (Å²) >= 11 is 0. The highest BCUT2D eigenvalue weighted by Crippen LogP contribution is 2.29. The van der Waals surface area contributed by atoms with Gasteiger partial charge in [-0.3, -0.25) is 14.9 Å². The Morgan fingerprint density at radius 3 is 2.95 bits per heavy atom. The van der Waals surface area contributed by atoms with E-state index in [1.807, 2.05) is 0 Å². The van der Waals surface area contributed by atoms with E-state index in [0.717, 1.165) is 0 Å². The summed E-state index contributed by atoms with van der Waals surface area (Å²) in [5.41, 5.74) is 0.619. The largest absolute Gasteiger partial charge is 0.481 e. The van der Waals surface area contributed by atoms with Crippen molar-refractivity contribution in [2.24, 2.45) is 0 Å². The molecule has 1 aliphatic heterocycles. The summed E-state index contributed by atoms with van der Waals surface area (Å²) in [6.07, 6.45) is -0.616. The molecule has 1 atom stereocenters. The second kappa shape index (κ2) is 5.87. The van der Waals surface area contributed by atoms with E-state index >= 15 is 0 Å². The number of nitrogens with zero attached hydrogens (tertiary/aromatic N) is 2. The quantitative estimate of drug-likeness (QED) is 0.614. The number of carbonyl (C=O) groups excluding carboxylic acids is 1. The second-order valence-electron chi connectivity index (χ2n) is 4.56. The average molecular weight is 280 g/mol. The van der Waals surface area contributed by atoms with Crippen molar-refractivity contribution in [3.05, 3.63) is 33.9 Å². The Morgan fingerprint density at radius 1 is 1.55 bits per heavy atom. The van der Waals surface area contributed by atoms with E-state index in [1.54, 1.807) is 18.9 Å². The van der Waals surface area contributed by atoms with Crippen molar-refractivity contribution in [3.8, 4) is 5.75 Å². The number of carbonyl (C=O) groups is 1. The van der Waals surface area contributed by atoms with Crippen LogP contribution in [0.25, 0.3) is 0 Å². The highest BCUT2D eigenvalue weighted by Gasteiger charge is 2.28. The molecule has 7 heteroatoms. The number of hydrogen-bond donors (Lipinski definition) is 0. The number of rotatable bonds is 4. The van der Waals surface area contributed by atoms with Crippen molar-refractivity contribution in [1.29, 1.82) is 0 Å². The zero-order valence-corrected chi connectivity index (χ0v) is 11.4. The van der Waals surface area contributed by atoms with Crippen LogP contribution >= 0.6 is 0 Å². The van der Waals surface area contributed by atoms with Crippen LogP contribution in [0.1, 0.15) is 12.5 Å². The van der Waals surface area contributed by atoms with Gasteiger partial charge in [0.15, 0.2) is 6.10 Å². The first-order chi connectivity index (χ1) is 9.52. The van der Waals surface area contributed by atoms with Crippen molar-refractivity contribution < 1.29 is 19.2 Å². The molecule has 1 amide bonds. The van der Waals surface area contributed by atoms with Crippen LogP contribution in [0.5, 0.6) is 5.75 Å². The lowest BCUT2D eigenvalue weighted by molar-refractivity contribution is -0.384. The maximum atomic E-state index is 12.1. The lowest BCUT2D eigenvalue weighted by Crippen LogP contribution is -2.39. The topological polar surface area (TPSA) is 81.9 Å². The summed E-state index contributed by atoms with van der Waals surface area (Å²) in [5.74, 6) is 0.359. The van der Waals surface area contributed by atoms with Gasteiger partial charge in [0.2, 0.25) is 0 Å². The van der Waals surface area contributed by atoms with Crippen molar-refractivity contribution in [2.45, 2.75) is 19.6 Å². The summed E-state index contributed by atoms with van der Waals surface area (Å²) in [5, 5.41) is 10.8. The predicted molar refractivity (Wildman–Crippen MR) is 70.5 cm³/mol. The molecule has 0 saturated carbocycles. The Labute approximate surface area is 116 Å². The van der Waals surface area contributed by atoms with Crippen LogP contribution in [0.15, 0.2) is 18.2 Å². The highest BCUT2D eigenvalue weighted by atomic mass is 16.6. The molecule has 0 aromatic heterocycles. The highest BCUT2D eigenvalue weighted by molar-refractivity contribution is 5.81. The zero-order valence-electron chi connectivity index (χ0n) is 11.4. The van der Waals surface area contributed by atoms with Gasteiger partial charge in [-0.05, 0) is 13.0 Å². The molecule has 7 nitrogen and oxygen atoms in total. The molecule has 0 N–H and O–H groups in total. The number of nitro groups is 1. The van der Waals surface area contributed by atoms with Crippen LogP contribution in [0.4, 0.5) is 5.69 Å². The minimum absolute atomic E-state index is 0.0129. The summed E-state index contributed by atoms with van der Waals surface area (Å²) < 4.78 is 10.5. The third-order valence-corrected chi connectivity index (χ3v) is 3.14. The normalized spacial score (nSPS) is 18.2. The van der Waals surface area contributed by atoms with Crippen molar-refractivity contribution in [3.63, 3.8) is 0 Å². The monoisotopic (exact) mass is 280 g/mol. The van der Waals surface area contributed by atoms with Gasteiger partial charge >= 0.3 is 0 Å². The average Bonchev–Trinajstić information content (AvgIpc) is 2.54. The molecule has 1 aromatic rings. The molecule has 0 aliphatic carbocycles. The first-order valence-electron chi connectivity index (χ1n) is 6.24. The molecule has 0 bridgehead atoms. The fourth-order valence-corrected chi connectivity index (χ4v) is 2.09. The van der Waals surface area contributed by atoms with Gasteiger partial charge in [0.05, 0.1) is 11.5 Å². The maximum Gasteiger partial charge on any atom is 0.270 e. The molecular formula is C13H16N2O5. The van der Waals surface area contributed by atoms with Gasteiger partial charge in [-0.1, -0.05) is 0 Å².